The number of rotatable bonds is 7. The molecule has 14 heteroatoms. The van der Waals surface area contributed by atoms with Crippen molar-refractivity contribution >= 4 is 50.9 Å². The maximum absolute atomic E-state index is 14.0. The van der Waals surface area contributed by atoms with E-state index in [-0.39, 0.29) is 31.1 Å². The Labute approximate surface area is 285 Å². The lowest BCUT2D eigenvalue weighted by Crippen LogP contribution is -2.54. The van der Waals surface area contributed by atoms with Crippen molar-refractivity contribution in [1.29, 1.82) is 0 Å². The average Bonchev–Trinajstić information content (AvgIpc) is 3.92. The van der Waals surface area contributed by atoms with Crippen molar-refractivity contribution in [3.8, 4) is 10.6 Å². The van der Waals surface area contributed by atoms with Gasteiger partial charge in [0, 0.05) is 36.1 Å². The van der Waals surface area contributed by atoms with E-state index in [9.17, 15) is 27.6 Å². The summed E-state index contributed by atoms with van der Waals surface area (Å²) in [5, 5.41) is 5.89. The molecule has 6 rings (SSSR count). The van der Waals surface area contributed by atoms with Crippen LogP contribution in [-0.2, 0) is 35.6 Å². The number of carbonyl (C=O) groups is 4. The molecule has 3 saturated carbocycles. The summed E-state index contributed by atoms with van der Waals surface area (Å²) in [6, 6.07) is 5.70. The highest BCUT2D eigenvalue weighted by Gasteiger charge is 2.62. The van der Waals surface area contributed by atoms with Crippen LogP contribution in [0, 0.1) is 24.7 Å². The minimum Gasteiger partial charge on any atom is -0.446 e. The van der Waals surface area contributed by atoms with Gasteiger partial charge in [-0.15, -0.1) is 11.3 Å². The summed E-state index contributed by atoms with van der Waals surface area (Å²) < 4.78 is 33.4. The average molecular weight is 698 g/mol. The number of allylic oxidation sites excluding steroid dienone is 1. The van der Waals surface area contributed by atoms with Crippen LogP contribution >= 0.6 is 11.3 Å². The van der Waals surface area contributed by atoms with E-state index < -0.39 is 56.7 Å². The summed E-state index contributed by atoms with van der Waals surface area (Å²) >= 11 is 1.55. The van der Waals surface area contributed by atoms with Crippen LogP contribution in [0.15, 0.2) is 36.5 Å². The summed E-state index contributed by atoms with van der Waals surface area (Å²) in [4.78, 5) is 61.7. The van der Waals surface area contributed by atoms with Gasteiger partial charge in [-0.1, -0.05) is 25.1 Å². The van der Waals surface area contributed by atoms with Gasteiger partial charge in [-0.05, 0) is 82.4 Å². The van der Waals surface area contributed by atoms with Gasteiger partial charge >= 0.3 is 6.09 Å². The highest BCUT2D eigenvalue weighted by Crippen LogP contribution is 2.47. The number of nitrogens with zero attached hydrogens (tertiary/aromatic N) is 2. The Morgan fingerprint density at radius 3 is 2.67 bits per heavy atom. The van der Waals surface area contributed by atoms with Gasteiger partial charge in [0.15, 0.2) is 0 Å². The van der Waals surface area contributed by atoms with Crippen molar-refractivity contribution in [3.05, 3.63) is 47.0 Å². The lowest BCUT2D eigenvalue weighted by atomic mass is 9.93. The van der Waals surface area contributed by atoms with Crippen molar-refractivity contribution in [3.63, 3.8) is 0 Å². The van der Waals surface area contributed by atoms with E-state index in [1.165, 1.54) is 0 Å². The molecule has 12 nitrogen and oxygen atoms in total. The van der Waals surface area contributed by atoms with Gasteiger partial charge in [0.2, 0.25) is 21.8 Å². The largest absolute Gasteiger partial charge is 0.446 e. The lowest BCUT2D eigenvalue weighted by Gasteiger charge is -2.26. The highest BCUT2D eigenvalue weighted by atomic mass is 32.2. The monoisotopic (exact) mass is 697 g/mol. The molecule has 5 unspecified atom stereocenters. The fourth-order valence-electron chi connectivity index (χ4n) is 6.73. The summed E-state index contributed by atoms with van der Waals surface area (Å²) in [5.74, 6) is -3.55. The molecule has 0 bridgehead atoms. The Morgan fingerprint density at radius 1 is 1.17 bits per heavy atom. The molecule has 1 aromatic heterocycles. The van der Waals surface area contributed by atoms with Crippen LogP contribution < -0.4 is 15.4 Å². The van der Waals surface area contributed by atoms with E-state index in [2.05, 4.69) is 27.3 Å². The predicted molar refractivity (Wildman–Crippen MR) is 181 cm³/mol. The Balaban J connectivity index is 1.20. The molecule has 5 atom stereocenters. The smallest absolute Gasteiger partial charge is 0.411 e. The van der Waals surface area contributed by atoms with Crippen molar-refractivity contribution in [2.75, 3.05) is 18.9 Å². The third-order valence-electron chi connectivity index (χ3n) is 9.81. The molecule has 48 heavy (non-hydrogen) atoms. The number of thiazole rings is 1. The van der Waals surface area contributed by atoms with Crippen LogP contribution in [0.5, 0.6) is 0 Å². The number of aryl methyl sites for hydroxylation is 2. The number of benzene rings is 1. The van der Waals surface area contributed by atoms with E-state index >= 15 is 0 Å². The van der Waals surface area contributed by atoms with Gasteiger partial charge in [-0.25, -0.2) is 18.2 Å². The first-order valence-corrected chi connectivity index (χ1v) is 19.1. The van der Waals surface area contributed by atoms with Crippen LogP contribution in [-0.4, -0.2) is 72.6 Å². The van der Waals surface area contributed by atoms with Gasteiger partial charge in [0.1, 0.15) is 16.7 Å². The zero-order chi connectivity index (χ0) is 34.2. The minimum atomic E-state index is -3.83. The molecule has 3 aliphatic carbocycles. The molecule has 0 radical (unpaired) electrons. The van der Waals surface area contributed by atoms with Crippen LogP contribution in [0.4, 0.5) is 10.5 Å². The highest BCUT2D eigenvalue weighted by molar-refractivity contribution is 7.91. The number of aromatic nitrogens is 1. The molecule has 2 heterocycles. The Morgan fingerprint density at radius 2 is 1.94 bits per heavy atom. The third-order valence-corrected chi connectivity index (χ3v) is 12.8. The second kappa shape index (κ2) is 13.6. The van der Waals surface area contributed by atoms with Gasteiger partial charge in [-0.3, -0.25) is 24.4 Å². The fourth-order valence-corrected chi connectivity index (χ4v) is 8.98. The van der Waals surface area contributed by atoms with Crippen molar-refractivity contribution in [2.45, 2.75) is 88.5 Å². The number of ether oxygens (including phenoxy) is 1. The number of hydrogen-bond acceptors (Lipinski definition) is 9. The van der Waals surface area contributed by atoms with Crippen LogP contribution in [0.25, 0.3) is 10.6 Å². The van der Waals surface area contributed by atoms with Gasteiger partial charge in [0.25, 0.3) is 5.91 Å². The molecular weight excluding hydrogens is 655 g/mol. The molecule has 1 aliphatic heterocycles. The molecule has 3 fully saturated rings. The van der Waals surface area contributed by atoms with Crippen molar-refractivity contribution < 1.29 is 32.3 Å². The van der Waals surface area contributed by atoms with Crippen LogP contribution in [0.3, 0.4) is 0 Å². The summed E-state index contributed by atoms with van der Waals surface area (Å²) in [6.07, 6.45) is 8.82. The second-order valence-electron chi connectivity index (χ2n) is 13.5. The third kappa shape index (κ3) is 7.29. The van der Waals surface area contributed by atoms with Crippen LogP contribution in [0.1, 0.15) is 68.7 Å². The maximum atomic E-state index is 14.0. The van der Waals surface area contributed by atoms with Crippen molar-refractivity contribution in [2.24, 2.45) is 17.8 Å². The Kier molecular flexibility index (Phi) is 9.67. The SMILES string of the molecule is CCc1cnc(-c2ccc(C)cc2NC(=O)OC2CC3C(=O)NC4(C(=O)NS(=O)(=O)C5CC5)CC4/C=C\CCCCN(C)C(=O)C3C2)s1. The topological polar surface area (TPSA) is 164 Å². The van der Waals surface area contributed by atoms with Crippen molar-refractivity contribution in [1.82, 2.24) is 19.9 Å². The number of amides is 4. The van der Waals surface area contributed by atoms with E-state index in [4.69, 9.17) is 4.74 Å². The Bertz CT molecular complexity index is 1740. The number of anilines is 1. The van der Waals surface area contributed by atoms with Crippen LogP contribution in [0.2, 0.25) is 0 Å². The second-order valence-corrected chi connectivity index (χ2v) is 16.6. The predicted octanol–water partition coefficient (Wildman–Crippen LogP) is 4.31. The molecular formula is C34H43N5O7S2. The number of nitrogens with one attached hydrogen (secondary N) is 3. The van der Waals surface area contributed by atoms with Gasteiger partial charge in [-0.2, -0.15) is 0 Å². The normalized spacial score (nSPS) is 28.4. The zero-order valence-corrected chi connectivity index (χ0v) is 29.1. The Hall–Kier alpha value is -3.78. The molecule has 258 valence electrons. The minimum absolute atomic E-state index is 0.0785. The first-order chi connectivity index (χ1) is 22.9. The number of fused-ring (bicyclic) bond motifs is 2. The van der Waals surface area contributed by atoms with Gasteiger partial charge < -0.3 is 15.0 Å². The van der Waals surface area contributed by atoms with E-state index in [0.717, 1.165) is 46.7 Å². The zero-order valence-electron chi connectivity index (χ0n) is 27.5. The summed E-state index contributed by atoms with van der Waals surface area (Å²) in [5.41, 5.74) is 0.819. The fraction of sp³-hybridized carbons (Fsp3) is 0.559. The number of hydrogen-bond donors (Lipinski definition) is 3. The van der Waals surface area contributed by atoms with E-state index in [1.807, 2.05) is 43.5 Å². The quantitative estimate of drug-likeness (QED) is 0.361. The van der Waals surface area contributed by atoms with E-state index in [0.29, 0.717) is 25.1 Å². The molecule has 0 spiro atoms. The standard InChI is InChI=1S/C34H43N5O7S2/c1-4-23-19-35-30(47-23)25-13-10-20(2)15-28(25)36-33(43)46-22-16-26-27(17-22)31(41)39(3)14-8-6-5-7-9-21-18-34(21,37-29(26)40)32(42)38-48(44,45)24-11-12-24/h7,9-10,13,15,19,21-22,24,26-27H,4-6,8,11-12,14,16-18H2,1-3H3,(H,36,43)(H,37,40)(H,38,42)/b9-7-. The molecule has 1 aromatic carbocycles. The molecule has 2 aromatic rings. The molecule has 0 saturated heterocycles. The summed E-state index contributed by atoms with van der Waals surface area (Å²) in [6.45, 7) is 4.49. The lowest BCUT2D eigenvalue weighted by molar-refractivity contribution is -0.140. The summed E-state index contributed by atoms with van der Waals surface area (Å²) in [7, 11) is -2.13. The maximum Gasteiger partial charge on any atom is 0.411 e. The first-order valence-electron chi connectivity index (χ1n) is 16.7. The first kappa shape index (κ1) is 34.1. The molecule has 4 amide bonds. The molecule has 4 aliphatic rings. The van der Waals surface area contributed by atoms with Gasteiger partial charge in [0.05, 0.1) is 22.8 Å². The number of sulfonamides is 1. The van der Waals surface area contributed by atoms with E-state index in [1.54, 1.807) is 23.3 Å². The molecule has 3 N–H and O–H groups in total. The number of carbonyl (C=O) groups excluding carboxylic acids is 4.